The Bertz CT molecular complexity index is 1030. The zero-order valence-corrected chi connectivity index (χ0v) is 19.1. The summed E-state index contributed by atoms with van der Waals surface area (Å²) in [6, 6.07) is 11.1. The number of nitrogens with one attached hydrogen (secondary N) is 2. The van der Waals surface area contributed by atoms with Crippen molar-refractivity contribution in [3.05, 3.63) is 47.0 Å². The van der Waals surface area contributed by atoms with Crippen molar-refractivity contribution in [3.63, 3.8) is 0 Å². The van der Waals surface area contributed by atoms with Gasteiger partial charge in [-0.2, -0.15) is 0 Å². The lowest BCUT2D eigenvalue weighted by Crippen LogP contribution is -2.14. The van der Waals surface area contributed by atoms with E-state index in [0.717, 1.165) is 17.0 Å². The first-order chi connectivity index (χ1) is 14.5. The van der Waals surface area contributed by atoms with E-state index in [-0.39, 0.29) is 11.7 Å². The minimum Gasteiger partial charge on any atom is -0.495 e. The molecule has 7 nitrogen and oxygen atoms in total. The normalized spacial score (nSPS) is 10.5. The quantitative estimate of drug-likeness (QED) is 0.411. The molecule has 0 unspecified atom stereocenters. The lowest BCUT2D eigenvalue weighted by molar-refractivity contribution is -0.113. The second-order valence-electron chi connectivity index (χ2n) is 6.07. The van der Waals surface area contributed by atoms with Crippen molar-refractivity contribution < 1.29 is 14.3 Å². The SMILES string of the molecule is CCOc1ccccc1Nc1nnc(SCC(=O)Nc2cc(C)c(Cl)cc2OC)s1. The molecule has 2 aromatic carbocycles. The number of carbonyl (C=O) groups is 1. The lowest BCUT2D eigenvalue weighted by Gasteiger charge is -2.11. The number of hydrogen-bond acceptors (Lipinski definition) is 8. The first-order valence-electron chi connectivity index (χ1n) is 9.09. The maximum atomic E-state index is 12.4. The first kappa shape index (κ1) is 22.2. The largest absolute Gasteiger partial charge is 0.495 e. The highest BCUT2D eigenvalue weighted by Crippen LogP contribution is 2.33. The molecule has 30 heavy (non-hydrogen) atoms. The van der Waals surface area contributed by atoms with Gasteiger partial charge < -0.3 is 20.1 Å². The average molecular weight is 465 g/mol. The number of nitrogens with zero attached hydrogens (tertiary/aromatic N) is 2. The van der Waals surface area contributed by atoms with Crippen LogP contribution in [0.2, 0.25) is 5.02 Å². The number of rotatable bonds is 9. The molecule has 0 spiro atoms. The Hall–Kier alpha value is -2.49. The molecule has 0 atom stereocenters. The van der Waals surface area contributed by atoms with Crippen LogP contribution in [0, 0.1) is 6.92 Å². The summed E-state index contributed by atoms with van der Waals surface area (Å²) in [5.41, 5.74) is 2.25. The highest BCUT2D eigenvalue weighted by molar-refractivity contribution is 8.01. The van der Waals surface area contributed by atoms with E-state index in [2.05, 4.69) is 20.8 Å². The molecule has 0 saturated heterocycles. The van der Waals surface area contributed by atoms with Crippen molar-refractivity contribution in [3.8, 4) is 11.5 Å². The van der Waals surface area contributed by atoms with Gasteiger partial charge in [0.1, 0.15) is 11.5 Å². The summed E-state index contributed by atoms with van der Waals surface area (Å²) in [5, 5.41) is 15.5. The van der Waals surface area contributed by atoms with E-state index in [4.69, 9.17) is 21.1 Å². The van der Waals surface area contributed by atoms with E-state index in [9.17, 15) is 4.79 Å². The molecule has 0 aliphatic carbocycles. The molecule has 1 aromatic heterocycles. The number of methoxy groups -OCH3 is 1. The number of aryl methyl sites for hydroxylation is 1. The Labute approximate surface area is 188 Å². The number of ether oxygens (including phenoxy) is 2. The van der Waals surface area contributed by atoms with E-state index in [1.54, 1.807) is 12.1 Å². The van der Waals surface area contributed by atoms with E-state index >= 15 is 0 Å². The topological polar surface area (TPSA) is 85.4 Å². The summed E-state index contributed by atoms with van der Waals surface area (Å²) in [7, 11) is 1.53. The number of anilines is 3. The molecule has 0 aliphatic heterocycles. The van der Waals surface area contributed by atoms with Gasteiger partial charge in [0.25, 0.3) is 0 Å². The molecule has 0 radical (unpaired) electrons. The van der Waals surface area contributed by atoms with Crippen LogP contribution in [0.15, 0.2) is 40.7 Å². The Morgan fingerprint density at radius 1 is 1.20 bits per heavy atom. The van der Waals surface area contributed by atoms with Gasteiger partial charge in [-0.05, 0) is 37.6 Å². The fourth-order valence-electron chi connectivity index (χ4n) is 2.53. The van der Waals surface area contributed by atoms with Crippen LogP contribution in [-0.4, -0.2) is 35.6 Å². The fraction of sp³-hybridized carbons (Fsp3) is 0.250. The molecule has 3 aromatic rings. The third-order valence-corrected chi connectivity index (χ3v) is 6.30. The second kappa shape index (κ2) is 10.5. The van der Waals surface area contributed by atoms with E-state index in [0.29, 0.717) is 32.5 Å². The number of benzene rings is 2. The third-order valence-electron chi connectivity index (χ3n) is 3.92. The van der Waals surface area contributed by atoms with Crippen molar-refractivity contribution in [1.82, 2.24) is 10.2 Å². The summed E-state index contributed by atoms with van der Waals surface area (Å²) >= 11 is 8.78. The van der Waals surface area contributed by atoms with Gasteiger partial charge in [0.15, 0.2) is 4.34 Å². The zero-order chi connectivity index (χ0) is 21.5. The molecule has 158 valence electrons. The fourth-order valence-corrected chi connectivity index (χ4v) is 4.25. The minimum absolute atomic E-state index is 0.175. The smallest absolute Gasteiger partial charge is 0.234 e. The Morgan fingerprint density at radius 2 is 2.00 bits per heavy atom. The van der Waals surface area contributed by atoms with Crippen LogP contribution in [0.3, 0.4) is 0 Å². The molecule has 2 N–H and O–H groups in total. The van der Waals surface area contributed by atoms with Gasteiger partial charge in [-0.15, -0.1) is 10.2 Å². The summed E-state index contributed by atoms with van der Waals surface area (Å²) in [5.74, 6) is 1.27. The number of aromatic nitrogens is 2. The van der Waals surface area contributed by atoms with E-state index < -0.39 is 0 Å². The number of thioether (sulfide) groups is 1. The van der Waals surface area contributed by atoms with Crippen LogP contribution < -0.4 is 20.1 Å². The van der Waals surface area contributed by atoms with Crippen LogP contribution in [0.4, 0.5) is 16.5 Å². The van der Waals surface area contributed by atoms with Crippen molar-refractivity contribution in [1.29, 1.82) is 0 Å². The molecule has 1 amide bonds. The summed E-state index contributed by atoms with van der Waals surface area (Å²) < 4.78 is 11.6. The van der Waals surface area contributed by atoms with Crippen molar-refractivity contribution in [2.45, 2.75) is 18.2 Å². The van der Waals surface area contributed by atoms with Gasteiger partial charge in [-0.25, -0.2) is 0 Å². The Morgan fingerprint density at radius 3 is 2.77 bits per heavy atom. The van der Waals surface area contributed by atoms with Crippen molar-refractivity contribution in [2.75, 3.05) is 30.1 Å². The van der Waals surface area contributed by atoms with E-state index in [1.807, 2.05) is 38.1 Å². The van der Waals surface area contributed by atoms with Crippen molar-refractivity contribution in [2.24, 2.45) is 0 Å². The van der Waals surface area contributed by atoms with Gasteiger partial charge in [0.2, 0.25) is 11.0 Å². The van der Waals surface area contributed by atoms with Crippen LogP contribution >= 0.6 is 34.7 Å². The number of para-hydroxylation sites is 2. The summed E-state index contributed by atoms with van der Waals surface area (Å²) in [6.45, 7) is 4.37. The minimum atomic E-state index is -0.175. The maximum Gasteiger partial charge on any atom is 0.234 e. The second-order valence-corrected chi connectivity index (χ2v) is 8.67. The highest BCUT2D eigenvalue weighted by atomic mass is 35.5. The molecule has 1 heterocycles. The van der Waals surface area contributed by atoms with Gasteiger partial charge in [-0.3, -0.25) is 4.79 Å². The molecular formula is C20H21ClN4O3S2. The Kier molecular flexibility index (Phi) is 7.78. The molecular weight excluding hydrogens is 444 g/mol. The van der Waals surface area contributed by atoms with Gasteiger partial charge in [0, 0.05) is 11.1 Å². The number of carbonyl (C=O) groups excluding carboxylic acids is 1. The van der Waals surface area contributed by atoms with Gasteiger partial charge in [-0.1, -0.05) is 46.8 Å². The summed E-state index contributed by atoms with van der Waals surface area (Å²) in [4.78, 5) is 12.4. The van der Waals surface area contributed by atoms with Gasteiger partial charge >= 0.3 is 0 Å². The van der Waals surface area contributed by atoms with Crippen LogP contribution in [0.1, 0.15) is 12.5 Å². The monoisotopic (exact) mass is 464 g/mol. The lowest BCUT2D eigenvalue weighted by atomic mass is 10.2. The van der Waals surface area contributed by atoms with Crippen LogP contribution in [0.5, 0.6) is 11.5 Å². The van der Waals surface area contributed by atoms with Gasteiger partial charge in [0.05, 0.1) is 30.8 Å². The zero-order valence-electron chi connectivity index (χ0n) is 16.7. The van der Waals surface area contributed by atoms with E-state index in [1.165, 1.54) is 30.2 Å². The van der Waals surface area contributed by atoms with Crippen LogP contribution in [0.25, 0.3) is 0 Å². The summed E-state index contributed by atoms with van der Waals surface area (Å²) in [6.07, 6.45) is 0. The molecule has 10 heteroatoms. The molecule has 0 aliphatic rings. The number of amides is 1. The Balaban J connectivity index is 1.58. The molecule has 3 rings (SSSR count). The first-order valence-corrected chi connectivity index (χ1v) is 11.3. The maximum absolute atomic E-state index is 12.4. The number of halogens is 1. The molecule has 0 fully saturated rings. The third kappa shape index (κ3) is 5.78. The highest BCUT2D eigenvalue weighted by Gasteiger charge is 2.13. The predicted octanol–water partition coefficient (Wildman–Crippen LogP) is 5.38. The average Bonchev–Trinajstić information content (AvgIpc) is 3.18. The molecule has 0 saturated carbocycles. The van der Waals surface area contributed by atoms with Crippen molar-refractivity contribution >= 4 is 57.1 Å². The standard InChI is InChI=1S/C20H21ClN4O3S2/c1-4-28-16-8-6-5-7-14(16)23-19-24-25-20(30-19)29-11-18(26)22-15-9-12(2)13(21)10-17(15)27-3/h5-10H,4,11H2,1-3H3,(H,22,26)(H,23,24). The molecule has 0 bridgehead atoms. The predicted molar refractivity (Wildman–Crippen MR) is 123 cm³/mol. The number of hydrogen-bond donors (Lipinski definition) is 2. The van der Waals surface area contributed by atoms with Crippen LogP contribution in [-0.2, 0) is 4.79 Å².